The van der Waals surface area contributed by atoms with Gasteiger partial charge in [0.05, 0.1) is 12.1 Å². The average molecular weight is 282 g/mol. The van der Waals surface area contributed by atoms with E-state index in [2.05, 4.69) is 30.1 Å². The van der Waals surface area contributed by atoms with Crippen molar-refractivity contribution in [2.75, 3.05) is 26.2 Å². The molecule has 2 rings (SSSR count). The van der Waals surface area contributed by atoms with E-state index >= 15 is 0 Å². The minimum absolute atomic E-state index is 0.140. The third kappa shape index (κ3) is 3.71. The van der Waals surface area contributed by atoms with Crippen LogP contribution in [0.3, 0.4) is 0 Å². The van der Waals surface area contributed by atoms with Gasteiger partial charge in [-0.3, -0.25) is 14.6 Å². The number of amides is 1. The van der Waals surface area contributed by atoms with Crippen LogP contribution in [-0.4, -0.2) is 65.2 Å². The SMILES string of the molecule is C[C@@H]1CN([C@@H](C)CN2CC[CH]CC2C(N)=O)CC[C@H]1O. The van der Waals surface area contributed by atoms with Crippen LogP contribution < -0.4 is 5.73 Å². The molecule has 2 aliphatic heterocycles. The van der Waals surface area contributed by atoms with E-state index in [1.54, 1.807) is 0 Å². The number of primary amides is 1. The van der Waals surface area contributed by atoms with E-state index < -0.39 is 0 Å². The highest BCUT2D eigenvalue weighted by molar-refractivity contribution is 5.80. The molecule has 5 nitrogen and oxygen atoms in total. The number of likely N-dealkylation sites (tertiary alicyclic amines) is 2. The molecule has 2 heterocycles. The molecule has 1 unspecified atom stereocenters. The van der Waals surface area contributed by atoms with Crippen LogP contribution in [0.5, 0.6) is 0 Å². The van der Waals surface area contributed by atoms with Crippen LogP contribution >= 0.6 is 0 Å². The van der Waals surface area contributed by atoms with Crippen LogP contribution in [0.25, 0.3) is 0 Å². The predicted octanol–water partition coefficient (Wildman–Crippen LogP) is 0.232. The Morgan fingerprint density at radius 3 is 2.90 bits per heavy atom. The largest absolute Gasteiger partial charge is 0.393 e. The molecule has 0 aliphatic carbocycles. The second-order valence-corrected chi connectivity index (χ2v) is 6.40. The third-order valence-electron chi connectivity index (χ3n) is 4.79. The fourth-order valence-corrected chi connectivity index (χ4v) is 3.37. The van der Waals surface area contributed by atoms with Crippen molar-refractivity contribution < 1.29 is 9.90 Å². The molecule has 20 heavy (non-hydrogen) atoms. The molecule has 0 spiro atoms. The molecular weight excluding hydrogens is 254 g/mol. The quantitative estimate of drug-likeness (QED) is 0.774. The third-order valence-corrected chi connectivity index (χ3v) is 4.79. The lowest BCUT2D eigenvalue weighted by molar-refractivity contribution is -0.124. The van der Waals surface area contributed by atoms with Crippen molar-refractivity contribution in [3.63, 3.8) is 0 Å². The molecular formula is C15H28N3O2. The molecule has 4 atom stereocenters. The number of carbonyl (C=O) groups excluding carboxylic acids is 1. The number of nitrogens with two attached hydrogens (primary N) is 1. The average Bonchev–Trinajstić information content (AvgIpc) is 2.42. The maximum Gasteiger partial charge on any atom is 0.234 e. The van der Waals surface area contributed by atoms with Crippen molar-refractivity contribution in [3.05, 3.63) is 6.42 Å². The van der Waals surface area contributed by atoms with Gasteiger partial charge in [0.1, 0.15) is 0 Å². The molecule has 5 heteroatoms. The van der Waals surface area contributed by atoms with Gasteiger partial charge in [-0.25, -0.2) is 0 Å². The van der Waals surface area contributed by atoms with E-state index in [-0.39, 0.29) is 18.1 Å². The predicted molar refractivity (Wildman–Crippen MR) is 78.9 cm³/mol. The maximum absolute atomic E-state index is 11.5. The van der Waals surface area contributed by atoms with Gasteiger partial charge in [0.15, 0.2) is 0 Å². The first-order valence-electron chi connectivity index (χ1n) is 7.76. The van der Waals surface area contributed by atoms with Crippen LogP contribution in [0.2, 0.25) is 0 Å². The summed E-state index contributed by atoms with van der Waals surface area (Å²) in [4.78, 5) is 16.2. The molecule has 2 aliphatic rings. The van der Waals surface area contributed by atoms with Crippen LogP contribution in [0.4, 0.5) is 0 Å². The van der Waals surface area contributed by atoms with E-state index in [1.165, 1.54) is 0 Å². The number of hydrogen-bond acceptors (Lipinski definition) is 4. The van der Waals surface area contributed by atoms with Gasteiger partial charge in [-0.05, 0) is 45.1 Å². The van der Waals surface area contributed by atoms with E-state index in [1.807, 2.05) is 0 Å². The molecule has 2 saturated heterocycles. The second-order valence-electron chi connectivity index (χ2n) is 6.40. The topological polar surface area (TPSA) is 69.8 Å². The molecule has 2 fully saturated rings. The highest BCUT2D eigenvalue weighted by Crippen LogP contribution is 2.21. The fraction of sp³-hybridized carbons (Fsp3) is 0.867. The van der Waals surface area contributed by atoms with E-state index in [0.29, 0.717) is 12.0 Å². The first-order valence-corrected chi connectivity index (χ1v) is 7.76. The maximum atomic E-state index is 11.5. The minimum atomic E-state index is -0.212. The minimum Gasteiger partial charge on any atom is -0.393 e. The molecule has 0 aromatic carbocycles. The van der Waals surface area contributed by atoms with Gasteiger partial charge >= 0.3 is 0 Å². The Morgan fingerprint density at radius 1 is 1.50 bits per heavy atom. The molecule has 0 aromatic rings. The monoisotopic (exact) mass is 282 g/mol. The fourth-order valence-electron chi connectivity index (χ4n) is 3.37. The Hall–Kier alpha value is -0.650. The van der Waals surface area contributed by atoms with Crippen molar-refractivity contribution in [1.29, 1.82) is 0 Å². The van der Waals surface area contributed by atoms with Gasteiger partial charge in [-0.15, -0.1) is 0 Å². The first kappa shape index (κ1) is 15.7. The van der Waals surface area contributed by atoms with E-state index in [0.717, 1.165) is 45.4 Å². The van der Waals surface area contributed by atoms with Gasteiger partial charge < -0.3 is 10.8 Å². The highest BCUT2D eigenvalue weighted by Gasteiger charge is 2.31. The van der Waals surface area contributed by atoms with Crippen molar-refractivity contribution in [1.82, 2.24) is 9.80 Å². The Morgan fingerprint density at radius 2 is 2.25 bits per heavy atom. The van der Waals surface area contributed by atoms with E-state index in [9.17, 15) is 9.90 Å². The van der Waals surface area contributed by atoms with Crippen LogP contribution in [0.15, 0.2) is 0 Å². The summed E-state index contributed by atoms with van der Waals surface area (Å²) < 4.78 is 0. The van der Waals surface area contributed by atoms with Gasteiger partial charge in [0.25, 0.3) is 0 Å². The van der Waals surface area contributed by atoms with Crippen LogP contribution in [0, 0.1) is 12.3 Å². The summed E-state index contributed by atoms with van der Waals surface area (Å²) in [7, 11) is 0. The van der Waals surface area contributed by atoms with Gasteiger partial charge in [-0.2, -0.15) is 0 Å². The summed E-state index contributed by atoms with van der Waals surface area (Å²) in [6, 6.07) is 0.254. The summed E-state index contributed by atoms with van der Waals surface area (Å²) in [5.74, 6) is 0.114. The zero-order valence-electron chi connectivity index (χ0n) is 12.7. The number of piperidine rings is 2. The van der Waals surface area contributed by atoms with Gasteiger partial charge in [-0.1, -0.05) is 6.92 Å². The number of aliphatic hydroxyl groups excluding tert-OH is 1. The molecule has 1 amide bonds. The van der Waals surface area contributed by atoms with Crippen molar-refractivity contribution in [2.45, 2.75) is 51.3 Å². The summed E-state index contributed by atoms with van der Waals surface area (Å²) in [5, 5.41) is 9.81. The molecule has 1 radical (unpaired) electrons. The highest BCUT2D eigenvalue weighted by atomic mass is 16.3. The molecule has 0 saturated carbocycles. The van der Waals surface area contributed by atoms with Gasteiger partial charge in [0.2, 0.25) is 5.91 Å². The van der Waals surface area contributed by atoms with Gasteiger partial charge in [0, 0.05) is 25.7 Å². The molecule has 0 bridgehead atoms. The number of carbonyl (C=O) groups is 1. The summed E-state index contributed by atoms with van der Waals surface area (Å²) in [6.07, 6.45) is 4.65. The molecule has 115 valence electrons. The van der Waals surface area contributed by atoms with Crippen LogP contribution in [0.1, 0.15) is 33.1 Å². The normalized spacial score (nSPS) is 34.9. The lowest BCUT2D eigenvalue weighted by atomic mass is 9.95. The zero-order chi connectivity index (χ0) is 14.7. The summed E-state index contributed by atoms with van der Waals surface area (Å²) >= 11 is 0. The summed E-state index contributed by atoms with van der Waals surface area (Å²) in [6.45, 7) is 7.98. The van der Waals surface area contributed by atoms with E-state index in [4.69, 9.17) is 5.73 Å². The number of aliphatic hydroxyl groups is 1. The standard InChI is InChI=1S/C15H28N3O2/c1-11-9-17(8-6-14(11)19)12(2)10-18-7-4-3-5-13(18)15(16)20/h3,11-14,19H,4-10H2,1-2H3,(H2,16,20)/t11-,12+,13?,14-/m1/s1. The number of hydrogen-bond donors (Lipinski definition) is 2. The number of rotatable bonds is 4. The van der Waals surface area contributed by atoms with Crippen molar-refractivity contribution in [2.24, 2.45) is 11.7 Å². The molecule has 0 aromatic heterocycles. The Labute approximate surface area is 122 Å². The number of nitrogens with zero attached hydrogens (tertiary/aromatic N) is 2. The Bertz CT molecular complexity index is 337. The van der Waals surface area contributed by atoms with Crippen LogP contribution in [-0.2, 0) is 4.79 Å². The molecule has 3 N–H and O–H groups in total. The Balaban J connectivity index is 1.89. The van der Waals surface area contributed by atoms with Crippen molar-refractivity contribution in [3.8, 4) is 0 Å². The zero-order valence-corrected chi connectivity index (χ0v) is 12.7. The first-order chi connectivity index (χ1) is 9.49. The lowest BCUT2D eigenvalue weighted by Gasteiger charge is -2.42. The summed E-state index contributed by atoms with van der Waals surface area (Å²) in [5.41, 5.74) is 5.50. The smallest absolute Gasteiger partial charge is 0.234 e. The lowest BCUT2D eigenvalue weighted by Crippen LogP contribution is -2.54. The Kier molecular flexibility index (Phi) is 5.41. The van der Waals surface area contributed by atoms with Crippen molar-refractivity contribution >= 4 is 5.91 Å². The second kappa shape index (κ2) is 6.87.